The van der Waals surface area contributed by atoms with Gasteiger partial charge in [0.2, 0.25) is 10.0 Å². The molecule has 1 N–H and O–H groups in total. The first-order valence-electron chi connectivity index (χ1n) is 9.68. The van der Waals surface area contributed by atoms with Gasteiger partial charge in [-0.05, 0) is 24.1 Å². The Bertz CT molecular complexity index is 1080. The summed E-state index contributed by atoms with van der Waals surface area (Å²) in [6, 6.07) is 8.94. The van der Waals surface area contributed by atoms with E-state index in [0.717, 1.165) is 29.9 Å². The van der Waals surface area contributed by atoms with Crippen LogP contribution in [0.4, 0.5) is 5.82 Å². The summed E-state index contributed by atoms with van der Waals surface area (Å²) in [5, 5.41) is 7.57. The molecule has 1 aromatic carbocycles. The van der Waals surface area contributed by atoms with Gasteiger partial charge < -0.3 is 10.1 Å². The predicted octanol–water partition coefficient (Wildman–Crippen LogP) is 1.71. The number of fused-ring (bicyclic) bond motifs is 1. The van der Waals surface area contributed by atoms with Gasteiger partial charge in [0.15, 0.2) is 0 Å². The van der Waals surface area contributed by atoms with Gasteiger partial charge in [0.05, 0.1) is 18.1 Å². The van der Waals surface area contributed by atoms with E-state index < -0.39 is 10.0 Å². The van der Waals surface area contributed by atoms with Crippen LogP contribution in [0.3, 0.4) is 0 Å². The Morgan fingerprint density at radius 3 is 2.66 bits per heavy atom. The highest BCUT2D eigenvalue weighted by molar-refractivity contribution is 7.89. The van der Waals surface area contributed by atoms with Crippen LogP contribution in [-0.2, 0) is 27.7 Å². The molecule has 29 heavy (non-hydrogen) atoms. The van der Waals surface area contributed by atoms with Crippen LogP contribution in [0.15, 0.2) is 41.6 Å². The van der Waals surface area contributed by atoms with Gasteiger partial charge in [-0.1, -0.05) is 25.5 Å². The van der Waals surface area contributed by atoms with Crippen molar-refractivity contribution >= 4 is 21.6 Å². The minimum absolute atomic E-state index is 0.302. The Hall–Kier alpha value is -2.56. The fraction of sp³-hybridized carbons (Fsp3) is 0.421. The number of rotatable bonds is 7. The van der Waals surface area contributed by atoms with Crippen LogP contribution in [0.25, 0.3) is 5.78 Å². The Labute approximate surface area is 169 Å². The number of sulfonamides is 1. The maximum atomic E-state index is 12.7. The number of benzene rings is 1. The molecule has 2 aromatic heterocycles. The minimum Gasteiger partial charge on any atom is -0.379 e. The van der Waals surface area contributed by atoms with Gasteiger partial charge in [0.1, 0.15) is 12.1 Å². The standard InChI is InChI=1S/C19H24N6O3S/c1-2-3-16-12-18(25-19(23-16)21-14-22-25)20-13-15-4-6-17(7-5-15)29(26,27)24-8-10-28-11-9-24/h4-7,12,14,20H,2-3,8-11,13H2,1H3. The fourth-order valence-electron chi connectivity index (χ4n) is 3.28. The van der Waals surface area contributed by atoms with Crippen LogP contribution in [0.1, 0.15) is 24.6 Å². The van der Waals surface area contributed by atoms with Crippen molar-refractivity contribution in [2.45, 2.75) is 31.2 Å². The molecule has 1 aliphatic rings. The Morgan fingerprint density at radius 1 is 1.17 bits per heavy atom. The zero-order valence-electron chi connectivity index (χ0n) is 16.3. The van der Waals surface area contributed by atoms with Crippen molar-refractivity contribution in [3.63, 3.8) is 0 Å². The lowest BCUT2D eigenvalue weighted by atomic mass is 10.2. The van der Waals surface area contributed by atoms with Crippen molar-refractivity contribution in [2.24, 2.45) is 0 Å². The molecule has 0 atom stereocenters. The van der Waals surface area contributed by atoms with E-state index in [2.05, 4.69) is 27.3 Å². The van der Waals surface area contributed by atoms with Gasteiger partial charge in [0.25, 0.3) is 5.78 Å². The molecule has 0 amide bonds. The van der Waals surface area contributed by atoms with Gasteiger partial charge in [0, 0.05) is 31.4 Å². The third-order valence-corrected chi connectivity index (χ3v) is 6.73. The molecule has 3 aromatic rings. The zero-order chi connectivity index (χ0) is 20.3. The molecule has 9 nitrogen and oxygen atoms in total. The van der Waals surface area contributed by atoms with E-state index in [1.54, 1.807) is 16.6 Å². The molecule has 0 aliphatic carbocycles. The van der Waals surface area contributed by atoms with E-state index in [9.17, 15) is 8.42 Å². The minimum atomic E-state index is -3.48. The third kappa shape index (κ3) is 4.24. The Kier molecular flexibility index (Phi) is 5.74. The second-order valence-electron chi connectivity index (χ2n) is 6.87. The number of aryl methyl sites for hydroxylation is 1. The van der Waals surface area contributed by atoms with Crippen LogP contribution < -0.4 is 5.32 Å². The molecule has 3 heterocycles. The first-order chi connectivity index (χ1) is 14.1. The number of anilines is 1. The fourth-order valence-corrected chi connectivity index (χ4v) is 4.69. The maximum absolute atomic E-state index is 12.7. The number of hydrogen-bond acceptors (Lipinski definition) is 7. The summed E-state index contributed by atoms with van der Waals surface area (Å²) >= 11 is 0. The highest BCUT2D eigenvalue weighted by Crippen LogP contribution is 2.19. The number of nitrogens with one attached hydrogen (secondary N) is 1. The summed E-state index contributed by atoms with van der Waals surface area (Å²) in [6.07, 6.45) is 3.34. The average molecular weight is 417 g/mol. The summed E-state index contributed by atoms with van der Waals surface area (Å²) in [6.45, 7) is 4.29. The lowest BCUT2D eigenvalue weighted by molar-refractivity contribution is 0.0730. The third-order valence-electron chi connectivity index (χ3n) is 4.82. The Balaban J connectivity index is 1.48. The second kappa shape index (κ2) is 8.44. The van der Waals surface area contributed by atoms with Crippen molar-refractivity contribution in [1.82, 2.24) is 23.9 Å². The monoisotopic (exact) mass is 416 g/mol. The number of ether oxygens (including phenoxy) is 1. The lowest BCUT2D eigenvalue weighted by Crippen LogP contribution is -2.40. The predicted molar refractivity (Wildman–Crippen MR) is 108 cm³/mol. The van der Waals surface area contributed by atoms with E-state index in [4.69, 9.17) is 4.74 Å². The van der Waals surface area contributed by atoms with Crippen LogP contribution in [0.2, 0.25) is 0 Å². The summed E-state index contributed by atoms with van der Waals surface area (Å²) in [5.41, 5.74) is 1.93. The molecular weight excluding hydrogens is 392 g/mol. The molecule has 10 heteroatoms. The van der Waals surface area contributed by atoms with Crippen LogP contribution in [0, 0.1) is 0 Å². The average Bonchev–Trinajstić information content (AvgIpc) is 3.22. The summed E-state index contributed by atoms with van der Waals surface area (Å²) in [7, 11) is -3.48. The van der Waals surface area contributed by atoms with Gasteiger partial charge >= 0.3 is 0 Å². The van der Waals surface area contributed by atoms with Crippen LogP contribution in [-0.4, -0.2) is 58.6 Å². The van der Waals surface area contributed by atoms with Crippen molar-refractivity contribution < 1.29 is 13.2 Å². The van der Waals surface area contributed by atoms with E-state index in [0.29, 0.717) is 43.5 Å². The summed E-state index contributed by atoms with van der Waals surface area (Å²) in [4.78, 5) is 8.98. The highest BCUT2D eigenvalue weighted by atomic mass is 32.2. The number of aromatic nitrogens is 4. The first kappa shape index (κ1) is 19.7. The van der Waals surface area contributed by atoms with E-state index in [-0.39, 0.29) is 0 Å². The number of nitrogens with zero attached hydrogens (tertiary/aromatic N) is 5. The molecule has 1 saturated heterocycles. The molecular formula is C19H24N6O3S. The second-order valence-corrected chi connectivity index (χ2v) is 8.81. The molecule has 1 aliphatic heterocycles. The van der Waals surface area contributed by atoms with Crippen molar-refractivity contribution in [2.75, 3.05) is 31.6 Å². The van der Waals surface area contributed by atoms with Crippen molar-refractivity contribution in [1.29, 1.82) is 0 Å². The normalized spacial score (nSPS) is 15.6. The molecule has 154 valence electrons. The van der Waals surface area contributed by atoms with E-state index in [1.807, 2.05) is 18.2 Å². The topological polar surface area (TPSA) is 102 Å². The molecule has 0 unspecified atom stereocenters. The van der Waals surface area contributed by atoms with E-state index in [1.165, 1.54) is 10.6 Å². The maximum Gasteiger partial charge on any atom is 0.254 e. The molecule has 4 rings (SSSR count). The highest BCUT2D eigenvalue weighted by Gasteiger charge is 2.26. The van der Waals surface area contributed by atoms with Gasteiger partial charge in [-0.25, -0.2) is 13.4 Å². The number of morpholine rings is 1. The van der Waals surface area contributed by atoms with Gasteiger partial charge in [-0.2, -0.15) is 18.9 Å². The molecule has 0 bridgehead atoms. The van der Waals surface area contributed by atoms with Crippen LogP contribution in [0.5, 0.6) is 0 Å². The summed E-state index contributed by atoms with van der Waals surface area (Å²) < 4.78 is 33.8. The molecule has 0 spiro atoms. The molecule has 1 fully saturated rings. The largest absolute Gasteiger partial charge is 0.379 e. The zero-order valence-corrected chi connectivity index (χ0v) is 17.1. The first-order valence-corrected chi connectivity index (χ1v) is 11.1. The van der Waals surface area contributed by atoms with E-state index >= 15 is 0 Å². The van der Waals surface area contributed by atoms with Crippen LogP contribution >= 0.6 is 0 Å². The lowest BCUT2D eigenvalue weighted by Gasteiger charge is -2.26. The quantitative estimate of drug-likeness (QED) is 0.625. The SMILES string of the molecule is CCCc1cc(NCc2ccc(S(=O)(=O)N3CCOCC3)cc2)n2ncnc2n1. The van der Waals surface area contributed by atoms with Crippen molar-refractivity contribution in [3.8, 4) is 0 Å². The molecule has 0 saturated carbocycles. The smallest absolute Gasteiger partial charge is 0.254 e. The van der Waals surface area contributed by atoms with Crippen molar-refractivity contribution in [3.05, 3.63) is 47.9 Å². The summed E-state index contributed by atoms with van der Waals surface area (Å²) in [5.74, 6) is 1.37. The Morgan fingerprint density at radius 2 is 1.93 bits per heavy atom. The molecule has 0 radical (unpaired) electrons. The van der Waals surface area contributed by atoms with Gasteiger partial charge in [-0.15, -0.1) is 0 Å². The number of hydrogen-bond donors (Lipinski definition) is 1. The van der Waals surface area contributed by atoms with Gasteiger partial charge in [-0.3, -0.25) is 0 Å².